The Kier molecular flexibility index (Phi) is 7.20. The van der Waals surface area contributed by atoms with Crippen LogP contribution in [0.3, 0.4) is 0 Å². The van der Waals surface area contributed by atoms with Crippen molar-refractivity contribution in [3.63, 3.8) is 0 Å². The van der Waals surface area contributed by atoms with Gasteiger partial charge in [-0.1, -0.05) is 36.0 Å². The molecule has 1 aliphatic heterocycles. The lowest BCUT2D eigenvalue weighted by Crippen LogP contribution is -2.32. The van der Waals surface area contributed by atoms with Gasteiger partial charge in [-0.05, 0) is 49.2 Å². The summed E-state index contributed by atoms with van der Waals surface area (Å²) < 4.78 is 66.5. The Bertz CT molecular complexity index is 1080. The van der Waals surface area contributed by atoms with Gasteiger partial charge in [-0.3, -0.25) is 4.79 Å². The highest BCUT2D eigenvalue weighted by Gasteiger charge is 2.33. The summed E-state index contributed by atoms with van der Waals surface area (Å²) in [6.45, 7) is 0.773. The Labute approximate surface area is 188 Å². The number of carbonyl (C=O) groups is 1. The molecule has 0 saturated carbocycles. The molecular formula is C20H19Cl2F3N2O3S. The number of benzene rings is 2. The molecule has 1 N–H and O–H groups in total. The van der Waals surface area contributed by atoms with Crippen LogP contribution in [0, 0.1) is 0 Å². The number of amides is 1. The van der Waals surface area contributed by atoms with Crippen LogP contribution >= 0.6 is 23.2 Å². The number of alkyl halides is 3. The van der Waals surface area contributed by atoms with E-state index in [-0.39, 0.29) is 21.2 Å². The number of nitrogens with one attached hydrogen (secondary N) is 1. The van der Waals surface area contributed by atoms with Crippen molar-refractivity contribution in [2.24, 2.45) is 0 Å². The molecule has 1 aliphatic rings. The summed E-state index contributed by atoms with van der Waals surface area (Å²) in [5.74, 6) is -0.839. The number of hydrogen-bond donors (Lipinski definition) is 1. The molecule has 0 unspecified atom stereocenters. The van der Waals surface area contributed by atoms with E-state index in [0.717, 1.165) is 37.8 Å². The Morgan fingerprint density at radius 3 is 2.16 bits per heavy atom. The van der Waals surface area contributed by atoms with Crippen molar-refractivity contribution < 1.29 is 26.4 Å². The van der Waals surface area contributed by atoms with E-state index in [1.165, 1.54) is 22.5 Å². The lowest BCUT2D eigenvalue weighted by atomic mass is 10.1. The summed E-state index contributed by atoms with van der Waals surface area (Å²) in [4.78, 5) is 12.6. The summed E-state index contributed by atoms with van der Waals surface area (Å²) in [7, 11) is -3.83. The molecule has 3 rings (SSSR count). The van der Waals surface area contributed by atoms with Crippen molar-refractivity contribution in [3.05, 3.63) is 57.6 Å². The Morgan fingerprint density at radius 2 is 1.55 bits per heavy atom. The van der Waals surface area contributed by atoms with Crippen molar-refractivity contribution >= 4 is 44.8 Å². The quantitative estimate of drug-likeness (QED) is 0.581. The molecular weight excluding hydrogens is 476 g/mol. The van der Waals surface area contributed by atoms with Gasteiger partial charge < -0.3 is 5.32 Å². The van der Waals surface area contributed by atoms with Crippen molar-refractivity contribution in [1.29, 1.82) is 0 Å². The van der Waals surface area contributed by atoms with Gasteiger partial charge >= 0.3 is 6.18 Å². The maximum absolute atomic E-state index is 13.1. The van der Waals surface area contributed by atoms with Crippen molar-refractivity contribution in [2.45, 2.75) is 36.8 Å². The number of halogens is 5. The average Bonchev–Trinajstić information content (AvgIpc) is 2.99. The maximum atomic E-state index is 13.1. The number of anilines is 1. The summed E-state index contributed by atoms with van der Waals surface area (Å²) >= 11 is 11.7. The number of hydrogen-bond acceptors (Lipinski definition) is 3. The second-order valence-electron chi connectivity index (χ2n) is 7.11. The van der Waals surface area contributed by atoms with E-state index < -0.39 is 32.7 Å². The van der Waals surface area contributed by atoms with Gasteiger partial charge in [0.05, 0.1) is 26.1 Å². The lowest BCUT2D eigenvalue weighted by molar-refractivity contribution is -0.137. The average molecular weight is 495 g/mol. The fourth-order valence-electron chi connectivity index (χ4n) is 3.29. The third-order valence-electron chi connectivity index (χ3n) is 4.91. The third kappa shape index (κ3) is 5.52. The van der Waals surface area contributed by atoms with Crippen molar-refractivity contribution in [2.75, 3.05) is 18.4 Å². The van der Waals surface area contributed by atoms with Crippen LogP contribution in [0.4, 0.5) is 18.9 Å². The summed E-state index contributed by atoms with van der Waals surface area (Å²) in [5.41, 5.74) is -1.42. The van der Waals surface area contributed by atoms with Crippen LogP contribution in [-0.4, -0.2) is 31.7 Å². The summed E-state index contributed by atoms with van der Waals surface area (Å²) in [6.07, 6.45) is -1.31. The Morgan fingerprint density at radius 1 is 0.935 bits per heavy atom. The van der Waals surface area contributed by atoms with Crippen molar-refractivity contribution in [1.82, 2.24) is 4.31 Å². The van der Waals surface area contributed by atoms with Crippen molar-refractivity contribution in [3.8, 4) is 0 Å². The molecule has 2 aromatic rings. The zero-order valence-corrected chi connectivity index (χ0v) is 18.5. The van der Waals surface area contributed by atoms with E-state index in [1.54, 1.807) is 0 Å². The zero-order valence-electron chi connectivity index (χ0n) is 16.2. The standard InChI is InChI=1S/C20H19Cl2F3N2O3S/c21-17-8-6-14(31(29,30)27-9-3-1-2-4-10-27)12-15(17)19(28)26-13-5-7-18(22)16(11-13)20(23,24)25/h5-8,11-12H,1-4,9-10H2,(H,26,28). The Balaban J connectivity index is 1.89. The van der Waals surface area contributed by atoms with Gasteiger partial charge in [0.2, 0.25) is 10.0 Å². The molecule has 1 amide bonds. The molecule has 0 spiro atoms. The molecule has 1 saturated heterocycles. The summed E-state index contributed by atoms with van der Waals surface area (Å²) in [5, 5.41) is 1.78. The number of nitrogens with zero attached hydrogens (tertiary/aromatic N) is 1. The molecule has 0 bridgehead atoms. The van der Waals surface area contributed by atoms with Gasteiger partial charge in [0, 0.05) is 18.8 Å². The molecule has 1 fully saturated rings. The third-order valence-corrected chi connectivity index (χ3v) is 7.47. The second kappa shape index (κ2) is 9.36. The second-order valence-corrected chi connectivity index (χ2v) is 9.86. The molecule has 168 valence electrons. The number of rotatable bonds is 4. The molecule has 31 heavy (non-hydrogen) atoms. The zero-order chi connectivity index (χ0) is 22.8. The minimum Gasteiger partial charge on any atom is -0.322 e. The van der Waals surface area contributed by atoms with Crippen LogP contribution in [0.15, 0.2) is 41.3 Å². The van der Waals surface area contributed by atoms with Crippen LogP contribution in [0.1, 0.15) is 41.6 Å². The highest BCUT2D eigenvalue weighted by molar-refractivity contribution is 7.89. The summed E-state index contributed by atoms with van der Waals surface area (Å²) in [6, 6.07) is 6.65. The molecule has 11 heteroatoms. The van der Waals surface area contributed by atoms with E-state index in [1.807, 2.05) is 0 Å². The smallest absolute Gasteiger partial charge is 0.322 e. The molecule has 1 heterocycles. The van der Waals surface area contributed by atoms with Gasteiger partial charge in [-0.2, -0.15) is 17.5 Å². The minimum atomic E-state index is -4.70. The van der Waals surface area contributed by atoms with Crippen LogP contribution in [0.2, 0.25) is 10.0 Å². The fraction of sp³-hybridized carbons (Fsp3) is 0.350. The monoisotopic (exact) mass is 494 g/mol. The molecule has 0 aromatic heterocycles. The molecule has 0 atom stereocenters. The van der Waals surface area contributed by atoms with E-state index in [4.69, 9.17) is 23.2 Å². The lowest BCUT2D eigenvalue weighted by Gasteiger charge is -2.20. The van der Waals surface area contributed by atoms with Gasteiger partial charge in [-0.15, -0.1) is 0 Å². The first-order valence-electron chi connectivity index (χ1n) is 9.48. The first-order chi connectivity index (χ1) is 14.5. The van der Waals surface area contributed by atoms with Crippen LogP contribution in [0.25, 0.3) is 0 Å². The molecule has 0 aliphatic carbocycles. The maximum Gasteiger partial charge on any atom is 0.417 e. The van der Waals surface area contributed by atoms with Crippen LogP contribution in [0.5, 0.6) is 0 Å². The molecule has 2 aromatic carbocycles. The topological polar surface area (TPSA) is 66.5 Å². The normalized spacial score (nSPS) is 16.0. The van der Waals surface area contributed by atoms with Gasteiger partial charge in [0.15, 0.2) is 0 Å². The molecule has 0 radical (unpaired) electrons. The van der Waals surface area contributed by atoms with E-state index in [2.05, 4.69) is 5.32 Å². The van der Waals surface area contributed by atoms with Gasteiger partial charge in [0.25, 0.3) is 5.91 Å². The highest BCUT2D eigenvalue weighted by atomic mass is 35.5. The van der Waals surface area contributed by atoms with E-state index in [0.29, 0.717) is 19.2 Å². The van der Waals surface area contributed by atoms with Crippen LogP contribution < -0.4 is 5.32 Å². The first kappa shape index (κ1) is 23.8. The SMILES string of the molecule is O=C(Nc1ccc(Cl)c(C(F)(F)F)c1)c1cc(S(=O)(=O)N2CCCCCC2)ccc1Cl. The van der Waals surface area contributed by atoms with Gasteiger partial charge in [0.1, 0.15) is 0 Å². The predicted molar refractivity (Wildman–Crippen MR) is 113 cm³/mol. The van der Waals surface area contributed by atoms with Gasteiger partial charge in [-0.25, -0.2) is 8.42 Å². The predicted octanol–water partition coefficient (Wildman–Crippen LogP) is 5.83. The van der Waals surface area contributed by atoms with Crippen LogP contribution in [-0.2, 0) is 16.2 Å². The number of sulfonamides is 1. The van der Waals surface area contributed by atoms with E-state index >= 15 is 0 Å². The fourth-order valence-corrected chi connectivity index (χ4v) is 5.26. The Hall–Kier alpha value is -1.81. The minimum absolute atomic E-state index is 0.0303. The highest BCUT2D eigenvalue weighted by Crippen LogP contribution is 2.36. The largest absolute Gasteiger partial charge is 0.417 e. The van der Waals surface area contributed by atoms with E-state index in [9.17, 15) is 26.4 Å². The number of carbonyl (C=O) groups excluding carboxylic acids is 1. The first-order valence-corrected chi connectivity index (χ1v) is 11.7. The molecule has 5 nitrogen and oxygen atoms in total.